The Kier molecular flexibility index (Phi) is 4.11. The van der Waals surface area contributed by atoms with E-state index in [1.807, 2.05) is 0 Å². The van der Waals surface area contributed by atoms with Crippen molar-refractivity contribution >= 4 is 22.4 Å². The number of nitrogens with zero attached hydrogens (tertiary/aromatic N) is 1. The number of esters is 1. The molecule has 16 heavy (non-hydrogen) atoms. The van der Waals surface area contributed by atoms with Crippen molar-refractivity contribution < 1.29 is 22.7 Å². The molecule has 0 aromatic carbocycles. The molecule has 0 saturated heterocycles. The van der Waals surface area contributed by atoms with Crippen LogP contribution in [0.4, 0.5) is 18.3 Å². The molecule has 4 nitrogen and oxygen atoms in total. The van der Waals surface area contributed by atoms with Crippen molar-refractivity contribution in [2.24, 2.45) is 0 Å². The van der Waals surface area contributed by atoms with E-state index in [1.54, 1.807) is 6.92 Å². The van der Waals surface area contributed by atoms with Gasteiger partial charge in [-0.25, -0.2) is 9.78 Å². The molecule has 0 bridgehead atoms. The molecular formula is C8H9F3N2O2S. The Hall–Kier alpha value is -1.31. The van der Waals surface area contributed by atoms with Crippen molar-refractivity contribution in [3.63, 3.8) is 0 Å². The van der Waals surface area contributed by atoms with Crippen LogP contribution in [0.3, 0.4) is 0 Å². The maximum Gasteiger partial charge on any atom is 0.405 e. The van der Waals surface area contributed by atoms with E-state index in [9.17, 15) is 18.0 Å². The van der Waals surface area contributed by atoms with Crippen LogP contribution in [0.5, 0.6) is 0 Å². The Bertz CT molecular complexity index is 364. The summed E-state index contributed by atoms with van der Waals surface area (Å²) in [4.78, 5) is 14.8. The third-order valence-corrected chi connectivity index (χ3v) is 2.23. The number of hydrogen-bond donors (Lipinski definition) is 1. The molecule has 1 aromatic rings. The number of rotatable bonds is 4. The highest BCUT2D eigenvalue weighted by atomic mass is 32.1. The summed E-state index contributed by atoms with van der Waals surface area (Å²) in [6.07, 6.45) is -4.31. The molecule has 0 atom stereocenters. The average Bonchev–Trinajstić information content (AvgIpc) is 2.62. The van der Waals surface area contributed by atoms with Crippen LogP contribution in [-0.4, -0.2) is 30.3 Å². The van der Waals surface area contributed by atoms with E-state index in [4.69, 9.17) is 0 Å². The molecule has 1 rings (SSSR count). The molecule has 0 unspecified atom stereocenters. The van der Waals surface area contributed by atoms with Gasteiger partial charge in [-0.1, -0.05) is 0 Å². The zero-order chi connectivity index (χ0) is 12.2. The van der Waals surface area contributed by atoms with Crippen molar-refractivity contribution in [1.29, 1.82) is 0 Å². The van der Waals surface area contributed by atoms with E-state index in [2.05, 4.69) is 15.0 Å². The van der Waals surface area contributed by atoms with E-state index in [0.29, 0.717) is 0 Å². The van der Waals surface area contributed by atoms with E-state index < -0.39 is 18.7 Å². The third kappa shape index (κ3) is 4.05. The topological polar surface area (TPSA) is 51.2 Å². The SMILES string of the molecule is CCOC(=O)c1csc(NCC(F)(F)F)n1. The second-order valence-corrected chi connectivity index (χ2v) is 3.59. The smallest absolute Gasteiger partial charge is 0.405 e. The number of anilines is 1. The Morgan fingerprint density at radius 2 is 2.31 bits per heavy atom. The molecule has 0 amide bonds. The van der Waals surface area contributed by atoms with Gasteiger partial charge in [-0.3, -0.25) is 0 Å². The standard InChI is InChI=1S/C8H9F3N2O2S/c1-2-15-6(14)5-3-16-7(13-5)12-4-8(9,10)11/h3H,2,4H2,1H3,(H,12,13). The average molecular weight is 254 g/mol. The predicted octanol–water partition coefficient (Wildman–Crippen LogP) is 2.29. The van der Waals surface area contributed by atoms with Gasteiger partial charge in [0.25, 0.3) is 0 Å². The molecule has 0 aliphatic rings. The van der Waals surface area contributed by atoms with Crippen molar-refractivity contribution in [1.82, 2.24) is 4.98 Å². The first-order valence-corrected chi connectivity index (χ1v) is 5.23. The van der Waals surface area contributed by atoms with Crippen molar-refractivity contribution in [2.75, 3.05) is 18.5 Å². The van der Waals surface area contributed by atoms with Crippen LogP contribution in [0.2, 0.25) is 0 Å². The van der Waals surface area contributed by atoms with Crippen LogP contribution < -0.4 is 5.32 Å². The van der Waals surface area contributed by atoms with Gasteiger partial charge in [0.1, 0.15) is 6.54 Å². The largest absolute Gasteiger partial charge is 0.461 e. The van der Waals surface area contributed by atoms with Gasteiger partial charge in [-0.05, 0) is 6.92 Å². The Balaban J connectivity index is 2.55. The van der Waals surface area contributed by atoms with Crippen molar-refractivity contribution in [2.45, 2.75) is 13.1 Å². The highest BCUT2D eigenvalue weighted by Gasteiger charge is 2.27. The summed E-state index contributed by atoms with van der Waals surface area (Å²) >= 11 is 0.921. The first kappa shape index (κ1) is 12.8. The fourth-order valence-electron chi connectivity index (χ4n) is 0.830. The maximum atomic E-state index is 11.9. The van der Waals surface area contributed by atoms with E-state index >= 15 is 0 Å². The summed E-state index contributed by atoms with van der Waals surface area (Å²) in [5.74, 6) is -0.640. The number of ether oxygens (including phenoxy) is 1. The molecule has 0 fully saturated rings. The van der Waals surface area contributed by atoms with Crippen LogP contribution in [0.15, 0.2) is 5.38 Å². The molecule has 1 heterocycles. The van der Waals surface area contributed by atoms with Crippen molar-refractivity contribution in [3.05, 3.63) is 11.1 Å². The molecule has 0 aliphatic heterocycles. The highest BCUT2D eigenvalue weighted by Crippen LogP contribution is 2.19. The molecule has 0 saturated carbocycles. The van der Waals surface area contributed by atoms with Gasteiger partial charge in [0.2, 0.25) is 0 Å². The van der Waals surface area contributed by atoms with Crippen LogP contribution >= 0.6 is 11.3 Å². The Morgan fingerprint density at radius 1 is 1.62 bits per heavy atom. The lowest BCUT2D eigenvalue weighted by Gasteiger charge is -2.05. The van der Waals surface area contributed by atoms with Crippen molar-refractivity contribution in [3.8, 4) is 0 Å². The number of carbonyl (C=O) groups excluding carboxylic acids is 1. The summed E-state index contributed by atoms with van der Waals surface area (Å²) in [6.45, 7) is 0.650. The number of nitrogens with one attached hydrogen (secondary N) is 1. The maximum absolute atomic E-state index is 11.9. The second kappa shape index (κ2) is 5.15. The number of aromatic nitrogens is 1. The van der Waals surface area contributed by atoms with Gasteiger partial charge in [-0.15, -0.1) is 11.3 Å². The summed E-state index contributed by atoms with van der Waals surface area (Å²) < 4.78 is 40.2. The summed E-state index contributed by atoms with van der Waals surface area (Å²) in [5, 5.41) is 3.46. The van der Waals surface area contributed by atoms with E-state index in [0.717, 1.165) is 11.3 Å². The summed E-state index contributed by atoms with van der Waals surface area (Å²) in [7, 11) is 0. The fourth-order valence-corrected chi connectivity index (χ4v) is 1.51. The third-order valence-electron chi connectivity index (χ3n) is 1.43. The van der Waals surface area contributed by atoms with Gasteiger partial charge in [-0.2, -0.15) is 13.2 Å². The molecule has 1 N–H and O–H groups in total. The lowest BCUT2D eigenvalue weighted by Crippen LogP contribution is -2.21. The highest BCUT2D eigenvalue weighted by molar-refractivity contribution is 7.13. The summed E-state index contributed by atoms with van der Waals surface area (Å²) in [5.41, 5.74) is 0.0107. The van der Waals surface area contributed by atoms with Gasteiger partial charge in [0.15, 0.2) is 10.8 Å². The molecule has 8 heteroatoms. The first-order chi connectivity index (χ1) is 7.42. The Labute approximate surface area is 93.4 Å². The van der Waals surface area contributed by atoms with E-state index in [-0.39, 0.29) is 17.4 Å². The first-order valence-electron chi connectivity index (χ1n) is 4.35. The zero-order valence-electron chi connectivity index (χ0n) is 8.30. The normalized spacial score (nSPS) is 11.2. The van der Waals surface area contributed by atoms with Crippen LogP contribution in [0.1, 0.15) is 17.4 Å². The fraction of sp³-hybridized carbons (Fsp3) is 0.500. The quantitative estimate of drug-likeness (QED) is 0.837. The lowest BCUT2D eigenvalue weighted by atomic mass is 10.5. The second-order valence-electron chi connectivity index (χ2n) is 2.73. The zero-order valence-corrected chi connectivity index (χ0v) is 9.11. The lowest BCUT2D eigenvalue weighted by molar-refractivity contribution is -0.115. The molecule has 1 aromatic heterocycles. The number of carbonyl (C=O) groups is 1. The number of hydrogen-bond acceptors (Lipinski definition) is 5. The summed E-state index contributed by atoms with van der Waals surface area (Å²) in [6, 6.07) is 0. The minimum Gasteiger partial charge on any atom is -0.461 e. The number of halogens is 3. The van der Waals surface area contributed by atoms with Gasteiger partial charge in [0, 0.05) is 5.38 Å². The minimum atomic E-state index is -4.31. The number of alkyl halides is 3. The monoisotopic (exact) mass is 254 g/mol. The van der Waals surface area contributed by atoms with Gasteiger partial charge in [0.05, 0.1) is 6.61 Å². The van der Waals surface area contributed by atoms with Crippen LogP contribution in [0.25, 0.3) is 0 Å². The number of thiazole rings is 1. The van der Waals surface area contributed by atoms with Crippen LogP contribution in [-0.2, 0) is 4.74 Å². The molecule has 90 valence electrons. The Morgan fingerprint density at radius 3 is 2.88 bits per heavy atom. The predicted molar refractivity (Wildman–Crippen MR) is 52.6 cm³/mol. The molecule has 0 spiro atoms. The molecule has 0 aliphatic carbocycles. The van der Waals surface area contributed by atoms with Crippen LogP contribution in [0, 0.1) is 0 Å². The molecule has 0 radical (unpaired) electrons. The van der Waals surface area contributed by atoms with Gasteiger partial charge >= 0.3 is 12.1 Å². The van der Waals surface area contributed by atoms with Gasteiger partial charge < -0.3 is 10.1 Å². The molecular weight excluding hydrogens is 245 g/mol. The van der Waals surface area contributed by atoms with E-state index in [1.165, 1.54) is 5.38 Å². The minimum absolute atomic E-state index is 0.0107.